The van der Waals surface area contributed by atoms with Crippen molar-refractivity contribution in [2.75, 3.05) is 0 Å². The van der Waals surface area contributed by atoms with E-state index in [0.29, 0.717) is 13.1 Å². The minimum Gasteiger partial charge on any atom is -0.327 e. The molecular formula is C17H16FN3. The summed E-state index contributed by atoms with van der Waals surface area (Å²) in [5.41, 5.74) is 8.31. The van der Waals surface area contributed by atoms with Crippen LogP contribution in [0.25, 0.3) is 11.4 Å². The van der Waals surface area contributed by atoms with Crippen LogP contribution in [0.2, 0.25) is 0 Å². The molecule has 4 heteroatoms. The molecule has 2 aromatic carbocycles. The summed E-state index contributed by atoms with van der Waals surface area (Å²) >= 11 is 0. The second-order valence-electron chi connectivity index (χ2n) is 4.92. The number of nitrogens with zero attached hydrogens (tertiary/aromatic N) is 2. The minimum absolute atomic E-state index is 0.255. The topological polar surface area (TPSA) is 43.8 Å². The molecule has 0 atom stereocenters. The van der Waals surface area contributed by atoms with Crippen LogP contribution in [0, 0.1) is 5.82 Å². The number of hydrogen-bond donors (Lipinski definition) is 1. The van der Waals surface area contributed by atoms with Crippen LogP contribution in [-0.2, 0) is 13.1 Å². The highest BCUT2D eigenvalue weighted by Crippen LogP contribution is 2.19. The van der Waals surface area contributed by atoms with E-state index in [-0.39, 0.29) is 5.82 Å². The molecule has 0 bridgehead atoms. The highest BCUT2D eigenvalue weighted by atomic mass is 19.1. The Hall–Kier alpha value is -2.46. The average molecular weight is 281 g/mol. The van der Waals surface area contributed by atoms with Crippen LogP contribution in [0.3, 0.4) is 0 Å². The summed E-state index contributed by atoms with van der Waals surface area (Å²) in [6.45, 7) is 0.898. The van der Waals surface area contributed by atoms with E-state index in [1.165, 1.54) is 12.1 Å². The van der Waals surface area contributed by atoms with Gasteiger partial charge in [0.15, 0.2) is 0 Å². The number of benzene rings is 2. The molecule has 106 valence electrons. The molecule has 0 saturated heterocycles. The lowest BCUT2D eigenvalue weighted by molar-refractivity contribution is 0.621. The number of nitrogens with two attached hydrogens (primary N) is 1. The van der Waals surface area contributed by atoms with Crippen molar-refractivity contribution >= 4 is 0 Å². The summed E-state index contributed by atoms with van der Waals surface area (Å²) in [5, 5.41) is 0. The van der Waals surface area contributed by atoms with Crippen LogP contribution < -0.4 is 5.73 Å². The molecule has 1 heterocycles. The van der Waals surface area contributed by atoms with Gasteiger partial charge in [-0.05, 0) is 23.3 Å². The fraction of sp³-hybridized carbons (Fsp3) is 0.118. The third kappa shape index (κ3) is 3.01. The molecule has 21 heavy (non-hydrogen) atoms. The molecule has 3 nitrogen and oxygen atoms in total. The van der Waals surface area contributed by atoms with Gasteiger partial charge in [0.25, 0.3) is 0 Å². The Labute approximate surface area is 122 Å². The molecule has 1 aromatic heterocycles. The van der Waals surface area contributed by atoms with Gasteiger partial charge < -0.3 is 10.3 Å². The summed E-state index contributed by atoms with van der Waals surface area (Å²) in [5.74, 6) is 0.614. The van der Waals surface area contributed by atoms with Crippen molar-refractivity contribution in [1.82, 2.24) is 9.55 Å². The van der Waals surface area contributed by atoms with Crippen LogP contribution in [0.5, 0.6) is 0 Å². The molecule has 0 saturated carbocycles. The van der Waals surface area contributed by atoms with Crippen LogP contribution in [0.15, 0.2) is 60.9 Å². The zero-order valence-corrected chi connectivity index (χ0v) is 11.5. The molecule has 0 aliphatic heterocycles. The summed E-state index contributed by atoms with van der Waals surface area (Å²) in [6.07, 6.45) is 3.65. The van der Waals surface area contributed by atoms with E-state index in [0.717, 1.165) is 22.5 Å². The quantitative estimate of drug-likeness (QED) is 0.798. The first kappa shape index (κ1) is 13.5. The predicted molar refractivity (Wildman–Crippen MR) is 81.1 cm³/mol. The molecule has 0 amide bonds. The first-order valence-electron chi connectivity index (χ1n) is 6.81. The summed E-state index contributed by atoms with van der Waals surface area (Å²) in [6, 6.07) is 14.9. The molecule has 0 radical (unpaired) electrons. The predicted octanol–water partition coefficient (Wildman–Crippen LogP) is 3.20. The van der Waals surface area contributed by atoms with E-state index in [2.05, 4.69) is 4.98 Å². The average Bonchev–Trinajstić information content (AvgIpc) is 2.95. The fourth-order valence-electron chi connectivity index (χ4n) is 2.41. The first-order valence-corrected chi connectivity index (χ1v) is 6.81. The van der Waals surface area contributed by atoms with Crippen molar-refractivity contribution in [3.8, 4) is 11.4 Å². The second kappa shape index (κ2) is 5.89. The third-order valence-electron chi connectivity index (χ3n) is 3.35. The van der Waals surface area contributed by atoms with Crippen LogP contribution in [0.4, 0.5) is 4.39 Å². The highest BCUT2D eigenvalue weighted by molar-refractivity contribution is 5.55. The molecular weight excluding hydrogens is 265 g/mol. The van der Waals surface area contributed by atoms with E-state index in [1.807, 2.05) is 47.2 Å². The smallest absolute Gasteiger partial charge is 0.140 e. The lowest BCUT2D eigenvalue weighted by atomic mass is 10.1. The van der Waals surface area contributed by atoms with Gasteiger partial charge in [0, 0.05) is 31.0 Å². The van der Waals surface area contributed by atoms with Crippen molar-refractivity contribution in [2.45, 2.75) is 13.1 Å². The maximum Gasteiger partial charge on any atom is 0.140 e. The van der Waals surface area contributed by atoms with Crippen molar-refractivity contribution in [3.05, 3.63) is 77.9 Å². The van der Waals surface area contributed by atoms with Gasteiger partial charge >= 0.3 is 0 Å². The van der Waals surface area contributed by atoms with E-state index >= 15 is 0 Å². The van der Waals surface area contributed by atoms with Gasteiger partial charge in [-0.2, -0.15) is 0 Å². The number of aromatic nitrogens is 2. The summed E-state index contributed by atoms with van der Waals surface area (Å²) in [4.78, 5) is 4.39. The van der Waals surface area contributed by atoms with Crippen molar-refractivity contribution in [2.24, 2.45) is 5.73 Å². The Morgan fingerprint density at radius 2 is 1.81 bits per heavy atom. The first-order chi connectivity index (χ1) is 10.3. The molecule has 0 fully saturated rings. The lowest BCUT2D eigenvalue weighted by Gasteiger charge is -2.09. The van der Waals surface area contributed by atoms with E-state index < -0.39 is 0 Å². The lowest BCUT2D eigenvalue weighted by Crippen LogP contribution is -2.04. The third-order valence-corrected chi connectivity index (χ3v) is 3.35. The largest absolute Gasteiger partial charge is 0.327 e. The van der Waals surface area contributed by atoms with Gasteiger partial charge in [0.1, 0.15) is 11.6 Å². The Kier molecular flexibility index (Phi) is 3.79. The van der Waals surface area contributed by atoms with Gasteiger partial charge in [-0.15, -0.1) is 0 Å². The number of rotatable bonds is 4. The molecule has 0 aliphatic rings. The van der Waals surface area contributed by atoms with Crippen molar-refractivity contribution in [1.29, 1.82) is 0 Å². The highest BCUT2D eigenvalue weighted by Gasteiger charge is 2.07. The summed E-state index contributed by atoms with van der Waals surface area (Å²) < 4.78 is 15.6. The minimum atomic E-state index is -0.255. The maximum atomic E-state index is 13.6. The van der Waals surface area contributed by atoms with E-state index in [4.69, 9.17) is 5.73 Å². The van der Waals surface area contributed by atoms with Gasteiger partial charge in [-0.1, -0.05) is 36.4 Å². The fourth-order valence-corrected chi connectivity index (χ4v) is 2.41. The van der Waals surface area contributed by atoms with E-state index in [9.17, 15) is 4.39 Å². The van der Waals surface area contributed by atoms with Crippen LogP contribution in [0.1, 0.15) is 11.1 Å². The van der Waals surface area contributed by atoms with Crippen LogP contribution in [-0.4, -0.2) is 9.55 Å². The maximum absolute atomic E-state index is 13.6. The SMILES string of the molecule is NCc1cc(F)cc(Cn2ccnc2-c2ccccc2)c1. The Bertz CT molecular complexity index is 735. The van der Waals surface area contributed by atoms with Gasteiger partial charge in [0.05, 0.1) is 0 Å². The van der Waals surface area contributed by atoms with Gasteiger partial charge in [0.2, 0.25) is 0 Å². The standard InChI is InChI=1S/C17H16FN3/c18-16-9-13(11-19)8-14(10-16)12-21-7-6-20-17(21)15-4-2-1-3-5-15/h1-10H,11-12,19H2. The number of hydrogen-bond acceptors (Lipinski definition) is 2. The number of imidazole rings is 1. The van der Waals surface area contributed by atoms with Crippen LogP contribution >= 0.6 is 0 Å². The Morgan fingerprint density at radius 3 is 2.57 bits per heavy atom. The summed E-state index contributed by atoms with van der Waals surface area (Å²) in [7, 11) is 0. The molecule has 0 spiro atoms. The molecule has 3 aromatic rings. The van der Waals surface area contributed by atoms with Gasteiger partial charge in [-0.3, -0.25) is 0 Å². The number of halogens is 1. The molecule has 0 unspecified atom stereocenters. The van der Waals surface area contributed by atoms with Crippen molar-refractivity contribution in [3.63, 3.8) is 0 Å². The molecule has 3 rings (SSSR count). The van der Waals surface area contributed by atoms with E-state index in [1.54, 1.807) is 6.20 Å². The monoisotopic (exact) mass is 281 g/mol. The van der Waals surface area contributed by atoms with Gasteiger partial charge in [-0.25, -0.2) is 9.37 Å². The Balaban J connectivity index is 1.93. The van der Waals surface area contributed by atoms with Crippen molar-refractivity contribution < 1.29 is 4.39 Å². The zero-order chi connectivity index (χ0) is 14.7. The zero-order valence-electron chi connectivity index (χ0n) is 11.5. The Morgan fingerprint density at radius 1 is 1.05 bits per heavy atom. The molecule has 0 aliphatic carbocycles. The normalized spacial score (nSPS) is 10.8. The second-order valence-corrected chi connectivity index (χ2v) is 4.92. The molecule has 2 N–H and O–H groups in total.